The van der Waals surface area contributed by atoms with Gasteiger partial charge in [-0.3, -0.25) is 9.78 Å². The quantitative estimate of drug-likeness (QED) is 0.669. The lowest BCUT2D eigenvalue weighted by molar-refractivity contribution is 0.0893. The van der Waals surface area contributed by atoms with E-state index in [9.17, 15) is 13.2 Å². The minimum atomic E-state index is -3.64. The van der Waals surface area contributed by atoms with Crippen molar-refractivity contribution >= 4 is 15.9 Å². The van der Waals surface area contributed by atoms with Crippen molar-refractivity contribution in [2.45, 2.75) is 43.8 Å². The standard InChI is InChI=1S/C19H25N5O4S/c1-12-17(14-5-7-20-8-6-14)22-23-18(12)21-19(25)15-11-16(13(2)28-15)29(26,27)24-9-3-4-10-24/h5-8,11-12,17-18,22-23H,3-4,9-10H2,1-2H3,(H,21,25). The highest BCUT2D eigenvalue weighted by atomic mass is 32.2. The summed E-state index contributed by atoms with van der Waals surface area (Å²) in [5.41, 5.74) is 7.32. The Labute approximate surface area is 169 Å². The number of nitrogens with zero attached hydrogens (tertiary/aromatic N) is 2. The topological polar surface area (TPSA) is 117 Å². The van der Waals surface area contributed by atoms with Crippen LogP contribution in [0.25, 0.3) is 0 Å². The molecule has 4 heterocycles. The normalized spacial score (nSPS) is 25.4. The van der Waals surface area contributed by atoms with Crippen LogP contribution < -0.4 is 16.2 Å². The Balaban J connectivity index is 1.47. The molecule has 2 aliphatic rings. The number of carbonyl (C=O) groups excluding carboxylic acids is 1. The lowest BCUT2D eigenvalue weighted by atomic mass is 9.95. The zero-order valence-electron chi connectivity index (χ0n) is 16.4. The van der Waals surface area contributed by atoms with Gasteiger partial charge in [0, 0.05) is 37.5 Å². The molecule has 1 amide bonds. The third-order valence-corrected chi connectivity index (χ3v) is 7.58. The maximum Gasteiger partial charge on any atom is 0.288 e. The summed E-state index contributed by atoms with van der Waals surface area (Å²) in [5, 5.41) is 2.88. The molecule has 0 spiro atoms. The molecule has 2 aromatic rings. The number of rotatable bonds is 5. The molecule has 10 heteroatoms. The van der Waals surface area contributed by atoms with Crippen LogP contribution in [0.5, 0.6) is 0 Å². The van der Waals surface area contributed by atoms with E-state index in [1.807, 2.05) is 19.1 Å². The maximum absolute atomic E-state index is 12.8. The SMILES string of the molecule is Cc1oc(C(=O)NC2NNC(c3ccncc3)C2C)cc1S(=O)(=O)N1CCCC1. The average Bonchev–Trinajstić information content (AvgIpc) is 3.44. The van der Waals surface area contributed by atoms with Gasteiger partial charge < -0.3 is 9.73 Å². The number of hydrogen-bond acceptors (Lipinski definition) is 7. The third kappa shape index (κ3) is 3.80. The van der Waals surface area contributed by atoms with Crippen LogP contribution in [0.4, 0.5) is 0 Å². The molecule has 29 heavy (non-hydrogen) atoms. The fourth-order valence-corrected chi connectivity index (χ4v) is 5.55. The van der Waals surface area contributed by atoms with Crippen molar-refractivity contribution in [3.63, 3.8) is 0 Å². The van der Waals surface area contributed by atoms with Crippen LogP contribution in [0.15, 0.2) is 39.9 Å². The van der Waals surface area contributed by atoms with Gasteiger partial charge in [-0.25, -0.2) is 19.3 Å². The second-order valence-corrected chi connectivity index (χ2v) is 9.41. The minimum absolute atomic E-state index is 0.00717. The molecule has 3 unspecified atom stereocenters. The Morgan fingerprint density at radius 1 is 1.24 bits per heavy atom. The molecule has 0 bridgehead atoms. The van der Waals surface area contributed by atoms with E-state index >= 15 is 0 Å². The molecular weight excluding hydrogens is 394 g/mol. The highest BCUT2D eigenvalue weighted by Gasteiger charge is 2.36. The van der Waals surface area contributed by atoms with Crippen molar-refractivity contribution in [2.24, 2.45) is 5.92 Å². The second kappa shape index (κ2) is 7.86. The molecule has 4 rings (SSSR count). The summed E-state index contributed by atoms with van der Waals surface area (Å²) < 4.78 is 32.5. The van der Waals surface area contributed by atoms with Gasteiger partial charge in [-0.2, -0.15) is 4.31 Å². The second-order valence-electron chi connectivity index (χ2n) is 7.50. The Kier molecular flexibility index (Phi) is 5.43. The van der Waals surface area contributed by atoms with Crippen molar-refractivity contribution in [3.8, 4) is 0 Å². The van der Waals surface area contributed by atoms with Crippen molar-refractivity contribution in [1.82, 2.24) is 25.5 Å². The predicted octanol–water partition coefficient (Wildman–Crippen LogP) is 1.31. The Morgan fingerprint density at radius 3 is 2.62 bits per heavy atom. The zero-order chi connectivity index (χ0) is 20.6. The van der Waals surface area contributed by atoms with Crippen molar-refractivity contribution in [3.05, 3.63) is 47.7 Å². The van der Waals surface area contributed by atoms with Crippen molar-refractivity contribution in [1.29, 1.82) is 0 Å². The fourth-order valence-electron chi connectivity index (χ4n) is 3.87. The monoisotopic (exact) mass is 419 g/mol. The van der Waals surface area contributed by atoms with Crippen LogP contribution in [0.2, 0.25) is 0 Å². The van der Waals surface area contributed by atoms with Crippen LogP contribution >= 0.6 is 0 Å². The van der Waals surface area contributed by atoms with E-state index in [4.69, 9.17) is 4.42 Å². The Morgan fingerprint density at radius 2 is 1.93 bits per heavy atom. The van der Waals surface area contributed by atoms with Crippen molar-refractivity contribution < 1.29 is 17.6 Å². The molecule has 0 aliphatic carbocycles. The van der Waals surface area contributed by atoms with Crippen LogP contribution in [0, 0.1) is 12.8 Å². The summed E-state index contributed by atoms with van der Waals surface area (Å²) in [4.78, 5) is 16.8. The van der Waals surface area contributed by atoms with Gasteiger partial charge in [-0.15, -0.1) is 0 Å². The highest BCUT2D eigenvalue weighted by molar-refractivity contribution is 7.89. The number of furan rings is 1. The van der Waals surface area contributed by atoms with Crippen LogP contribution in [-0.2, 0) is 10.0 Å². The number of aryl methyl sites for hydroxylation is 1. The average molecular weight is 420 g/mol. The van der Waals surface area contributed by atoms with Gasteiger partial charge in [0.05, 0.1) is 12.2 Å². The number of pyridine rings is 1. The fraction of sp³-hybridized carbons (Fsp3) is 0.474. The van der Waals surface area contributed by atoms with E-state index in [2.05, 4.69) is 21.2 Å². The van der Waals surface area contributed by atoms with Crippen LogP contribution in [0.3, 0.4) is 0 Å². The molecule has 2 aromatic heterocycles. The molecule has 9 nitrogen and oxygen atoms in total. The number of sulfonamides is 1. The summed E-state index contributed by atoms with van der Waals surface area (Å²) >= 11 is 0. The molecule has 2 saturated heterocycles. The molecular formula is C19H25N5O4S. The molecule has 3 atom stereocenters. The Hall–Kier alpha value is -2.27. The van der Waals surface area contributed by atoms with Gasteiger partial charge in [0.2, 0.25) is 10.0 Å². The Bertz CT molecular complexity index is 985. The van der Waals surface area contributed by atoms with Gasteiger partial charge >= 0.3 is 0 Å². The summed E-state index contributed by atoms with van der Waals surface area (Å²) in [6, 6.07) is 5.18. The van der Waals surface area contributed by atoms with Gasteiger partial charge in [-0.1, -0.05) is 6.92 Å². The number of amides is 1. The van der Waals surface area contributed by atoms with Crippen LogP contribution in [0.1, 0.15) is 47.7 Å². The highest BCUT2D eigenvalue weighted by Crippen LogP contribution is 2.28. The maximum atomic E-state index is 12.8. The van der Waals surface area contributed by atoms with E-state index in [1.54, 1.807) is 19.3 Å². The minimum Gasteiger partial charge on any atom is -0.455 e. The zero-order valence-corrected chi connectivity index (χ0v) is 17.2. The number of hydrazine groups is 1. The molecule has 156 valence electrons. The van der Waals surface area contributed by atoms with Gasteiger partial charge in [0.25, 0.3) is 5.91 Å². The first-order valence-electron chi connectivity index (χ1n) is 9.70. The van der Waals surface area contributed by atoms with Gasteiger partial charge in [0.1, 0.15) is 10.7 Å². The largest absolute Gasteiger partial charge is 0.455 e. The van der Waals surface area contributed by atoms with E-state index in [1.165, 1.54) is 10.4 Å². The molecule has 3 N–H and O–H groups in total. The van der Waals surface area contributed by atoms with Gasteiger partial charge in [0.15, 0.2) is 5.76 Å². The molecule has 2 aliphatic heterocycles. The first kappa shape index (κ1) is 20.0. The molecule has 2 fully saturated rings. The van der Waals surface area contributed by atoms with E-state index < -0.39 is 15.9 Å². The smallest absolute Gasteiger partial charge is 0.288 e. The first-order chi connectivity index (χ1) is 13.9. The van der Waals surface area contributed by atoms with E-state index in [0.717, 1.165) is 18.4 Å². The van der Waals surface area contributed by atoms with Crippen molar-refractivity contribution in [2.75, 3.05) is 13.1 Å². The summed E-state index contributed by atoms with van der Waals surface area (Å²) in [6.07, 6.45) is 4.80. The predicted molar refractivity (Wildman–Crippen MR) is 105 cm³/mol. The first-order valence-corrected chi connectivity index (χ1v) is 11.1. The number of hydrogen-bond donors (Lipinski definition) is 3. The summed E-state index contributed by atoms with van der Waals surface area (Å²) in [5.74, 6) is -0.202. The van der Waals surface area contributed by atoms with E-state index in [0.29, 0.717) is 13.1 Å². The van der Waals surface area contributed by atoms with Crippen LogP contribution in [-0.4, -0.2) is 42.9 Å². The summed E-state index contributed by atoms with van der Waals surface area (Å²) in [7, 11) is -3.64. The number of aromatic nitrogens is 1. The van der Waals surface area contributed by atoms with Gasteiger partial charge in [-0.05, 0) is 37.5 Å². The lowest BCUT2D eigenvalue weighted by Gasteiger charge is -2.19. The third-order valence-electron chi connectivity index (χ3n) is 5.58. The molecule has 0 radical (unpaired) electrons. The number of carbonyl (C=O) groups is 1. The molecule has 0 saturated carbocycles. The number of nitrogens with one attached hydrogen (secondary N) is 3. The lowest BCUT2D eigenvalue weighted by Crippen LogP contribution is -2.46. The molecule has 0 aromatic carbocycles. The summed E-state index contributed by atoms with van der Waals surface area (Å²) in [6.45, 7) is 4.58. The van der Waals surface area contributed by atoms with E-state index in [-0.39, 0.29) is 34.5 Å².